The van der Waals surface area contributed by atoms with Gasteiger partial charge in [-0.15, -0.1) is 0 Å². The van der Waals surface area contributed by atoms with Crippen molar-refractivity contribution in [3.8, 4) is 0 Å². The quantitative estimate of drug-likeness (QED) is 0.699. The number of nitrogens with one attached hydrogen (secondary N) is 1. The highest BCUT2D eigenvalue weighted by atomic mass is 19.2. The van der Waals surface area contributed by atoms with Crippen LogP contribution < -0.4 is 5.32 Å². The number of anilines is 1. The monoisotopic (exact) mass is 373 g/mol. The lowest BCUT2D eigenvalue weighted by atomic mass is 9.97. The second-order valence-corrected chi connectivity index (χ2v) is 6.64. The van der Waals surface area contributed by atoms with Gasteiger partial charge in [-0.1, -0.05) is 0 Å². The lowest BCUT2D eigenvalue weighted by Crippen LogP contribution is -2.29. The normalized spacial score (nSPS) is 16.6. The van der Waals surface area contributed by atoms with Gasteiger partial charge in [-0.3, -0.25) is 4.57 Å². The number of esters is 1. The molecule has 1 atom stereocenters. The molecule has 2 aromatic heterocycles. The molecule has 3 heterocycles. The minimum Gasteiger partial charge on any atom is -0.472 e. The fourth-order valence-electron chi connectivity index (χ4n) is 3.30. The molecule has 0 bridgehead atoms. The largest absolute Gasteiger partial charge is 0.472 e. The van der Waals surface area contributed by atoms with E-state index in [0.717, 1.165) is 12.1 Å². The number of benzene rings is 1. The number of hydrogen-bond acceptors (Lipinski definition) is 5. The molecule has 0 amide bonds. The lowest BCUT2D eigenvalue weighted by molar-refractivity contribution is -0.143. The Bertz CT molecular complexity index is 1070. The summed E-state index contributed by atoms with van der Waals surface area (Å²) in [6.07, 6.45) is 2.67. The Kier molecular flexibility index (Phi) is 3.98. The summed E-state index contributed by atoms with van der Waals surface area (Å²) >= 11 is 0. The van der Waals surface area contributed by atoms with Gasteiger partial charge < -0.3 is 14.5 Å². The molecule has 1 aliphatic rings. The third kappa shape index (κ3) is 2.77. The number of ether oxygens (including phenoxy) is 1. The first-order chi connectivity index (χ1) is 12.9. The Morgan fingerprint density at radius 2 is 2.07 bits per heavy atom. The van der Waals surface area contributed by atoms with Crippen LogP contribution in [0.15, 0.2) is 46.4 Å². The van der Waals surface area contributed by atoms with Crippen LogP contribution in [0.25, 0.3) is 11.0 Å². The van der Waals surface area contributed by atoms with Crippen LogP contribution in [0.1, 0.15) is 32.4 Å². The summed E-state index contributed by atoms with van der Waals surface area (Å²) < 4.78 is 39.8. The van der Waals surface area contributed by atoms with E-state index in [1.165, 1.54) is 12.5 Å². The molecule has 0 spiro atoms. The number of furan rings is 1. The van der Waals surface area contributed by atoms with Crippen molar-refractivity contribution < 1.29 is 22.7 Å². The van der Waals surface area contributed by atoms with Crippen LogP contribution >= 0.6 is 0 Å². The predicted molar refractivity (Wildman–Crippen MR) is 94.0 cm³/mol. The number of aromatic nitrogens is 2. The highest BCUT2D eigenvalue weighted by molar-refractivity contribution is 5.94. The predicted octanol–water partition coefficient (Wildman–Crippen LogP) is 4.15. The van der Waals surface area contributed by atoms with Gasteiger partial charge in [0.1, 0.15) is 0 Å². The van der Waals surface area contributed by atoms with Crippen LogP contribution in [0.5, 0.6) is 0 Å². The molecule has 6 nitrogen and oxygen atoms in total. The molecular weight excluding hydrogens is 356 g/mol. The average molecular weight is 373 g/mol. The van der Waals surface area contributed by atoms with Crippen molar-refractivity contribution in [1.29, 1.82) is 0 Å². The number of imidazole rings is 1. The maximum atomic E-state index is 13.9. The van der Waals surface area contributed by atoms with Crippen LogP contribution in [0, 0.1) is 11.6 Å². The molecular formula is C19H17F2N3O3. The van der Waals surface area contributed by atoms with Gasteiger partial charge in [0.15, 0.2) is 11.6 Å². The zero-order chi connectivity index (χ0) is 19.3. The van der Waals surface area contributed by atoms with Gasteiger partial charge in [0.05, 0.1) is 41.3 Å². The first-order valence-electron chi connectivity index (χ1n) is 8.44. The molecule has 0 saturated heterocycles. The summed E-state index contributed by atoms with van der Waals surface area (Å²) in [5.41, 5.74) is 2.19. The lowest BCUT2D eigenvalue weighted by Gasteiger charge is -2.29. The summed E-state index contributed by atoms with van der Waals surface area (Å²) in [6, 6.07) is 3.16. The fourth-order valence-corrected chi connectivity index (χ4v) is 3.30. The molecule has 8 heteroatoms. The first-order valence-corrected chi connectivity index (χ1v) is 8.44. The minimum atomic E-state index is -0.992. The zero-order valence-corrected chi connectivity index (χ0v) is 14.9. The molecule has 0 radical (unpaired) electrons. The van der Waals surface area contributed by atoms with Crippen molar-refractivity contribution >= 4 is 23.0 Å². The van der Waals surface area contributed by atoms with Crippen LogP contribution in [-0.4, -0.2) is 21.6 Å². The molecule has 27 heavy (non-hydrogen) atoms. The Morgan fingerprint density at radius 3 is 2.74 bits per heavy atom. The number of rotatable bonds is 3. The minimum absolute atomic E-state index is 0.274. The van der Waals surface area contributed by atoms with Gasteiger partial charge in [0.25, 0.3) is 0 Å². The summed E-state index contributed by atoms with van der Waals surface area (Å²) in [5, 5.41) is 3.04. The third-order valence-electron chi connectivity index (χ3n) is 4.39. The number of nitrogens with zero attached hydrogens (tertiary/aromatic N) is 2. The second kappa shape index (κ2) is 6.22. The van der Waals surface area contributed by atoms with Gasteiger partial charge in [-0.05, 0) is 26.8 Å². The Balaban J connectivity index is 1.96. The van der Waals surface area contributed by atoms with E-state index < -0.39 is 23.6 Å². The van der Waals surface area contributed by atoms with E-state index in [9.17, 15) is 13.6 Å². The number of allylic oxidation sites excluding steroid dienone is 1. The van der Waals surface area contributed by atoms with Crippen LogP contribution in [0.3, 0.4) is 0 Å². The number of halogens is 2. The summed E-state index contributed by atoms with van der Waals surface area (Å²) in [7, 11) is 0. The number of carbonyl (C=O) groups is 1. The smallest absolute Gasteiger partial charge is 0.338 e. The van der Waals surface area contributed by atoms with Gasteiger partial charge in [0, 0.05) is 23.4 Å². The molecule has 1 aliphatic heterocycles. The van der Waals surface area contributed by atoms with E-state index in [4.69, 9.17) is 9.15 Å². The van der Waals surface area contributed by atoms with E-state index in [1.807, 2.05) is 0 Å². The van der Waals surface area contributed by atoms with Gasteiger partial charge in [-0.25, -0.2) is 18.6 Å². The third-order valence-corrected chi connectivity index (χ3v) is 4.39. The first kappa shape index (κ1) is 17.3. The number of hydrogen-bond donors (Lipinski definition) is 1. The van der Waals surface area contributed by atoms with Crippen molar-refractivity contribution in [2.24, 2.45) is 0 Å². The second-order valence-electron chi connectivity index (χ2n) is 6.64. The SMILES string of the molecule is CC1=C(C(=O)OC(C)C)C(c2ccoc2)n2c(nc3cc(F)c(F)cc32)N1. The molecule has 1 N–H and O–H groups in total. The van der Waals surface area contributed by atoms with Crippen molar-refractivity contribution in [3.63, 3.8) is 0 Å². The molecule has 1 unspecified atom stereocenters. The van der Waals surface area contributed by atoms with Crippen molar-refractivity contribution in [2.75, 3.05) is 5.32 Å². The van der Waals surface area contributed by atoms with Crippen LogP contribution in [-0.2, 0) is 9.53 Å². The molecule has 1 aromatic carbocycles. The summed E-state index contributed by atoms with van der Waals surface area (Å²) in [5.74, 6) is -2.10. The number of fused-ring (bicyclic) bond motifs is 3. The molecule has 140 valence electrons. The fraction of sp³-hybridized carbons (Fsp3) is 0.263. The maximum absolute atomic E-state index is 13.9. The van der Waals surface area contributed by atoms with Gasteiger partial charge in [0.2, 0.25) is 5.95 Å². The van der Waals surface area contributed by atoms with Crippen molar-refractivity contribution in [3.05, 3.63) is 59.2 Å². The summed E-state index contributed by atoms with van der Waals surface area (Å²) in [6.45, 7) is 5.24. The Hall–Kier alpha value is -3.16. The zero-order valence-electron chi connectivity index (χ0n) is 14.9. The molecule has 3 aromatic rings. The maximum Gasteiger partial charge on any atom is 0.338 e. The molecule has 0 aliphatic carbocycles. The molecule has 0 fully saturated rings. The van der Waals surface area contributed by atoms with Gasteiger partial charge >= 0.3 is 5.97 Å². The molecule has 0 saturated carbocycles. The Labute approximate surface area is 153 Å². The van der Waals surface area contributed by atoms with E-state index >= 15 is 0 Å². The standard InChI is InChI=1S/C19H17F2N3O3/c1-9(2)27-18(25)16-10(3)22-19-23-14-6-12(20)13(21)7-15(14)24(19)17(16)11-4-5-26-8-11/h4-9,17H,1-3H3,(H,22,23). The van der Waals surface area contributed by atoms with Crippen LogP contribution in [0.2, 0.25) is 0 Å². The number of carbonyl (C=O) groups excluding carboxylic acids is 1. The highest BCUT2D eigenvalue weighted by Gasteiger charge is 2.36. The van der Waals surface area contributed by atoms with E-state index in [0.29, 0.717) is 28.3 Å². The van der Waals surface area contributed by atoms with Crippen molar-refractivity contribution in [2.45, 2.75) is 32.9 Å². The topological polar surface area (TPSA) is 69.3 Å². The van der Waals surface area contributed by atoms with E-state index in [1.54, 1.807) is 31.4 Å². The summed E-state index contributed by atoms with van der Waals surface area (Å²) in [4.78, 5) is 17.1. The average Bonchev–Trinajstić information content (AvgIpc) is 3.21. The van der Waals surface area contributed by atoms with E-state index in [2.05, 4.69) is 10.3 Å². The van der Waals surface area contributed by atoms with Gasteiger partial charge in [-0.2, -0.15) is 0 Å². The highest BCUT2D eigenvalue weighted by Crippen LogP contribution is 2.40. The van der Waals surface area contributed by atoms with Crippen molar-refractivity contribution in [1.82, 2.24) is 9.55 Å². The van der Waals surface area contributed by atoms with Crippen LogP contribution in [0.4, 0.5) is 14.7 Å². The molecule has 4 rings (SSSR count). The Morgan fingerprint density at radius 1 is 1.33 bits per heavy atom. The van der Waals surface area contributed by atoms with E-state index in [-0.39, 0.29) is 11.6 Å².